The molecule has 2 saturated carbocycles. The monoisotopic (exact) mass is 939 g/mol. The largest absolute Gasteiger partial charge is 0.459 e. The molecule has 2 aliphatic heterocycles. The van der Waals surface area contributed by atoms with Gasteiger partial charge in [0.05, 0.1) is 24.8 Å². The van der Waals surface area contributed by atoms with Crippen LogP contribution in [0.5, 0.6) is 17.2 Å². The van der Waals surface area contributed by atoms with Crippen LogP contribution in [-0.2, 0) is 25.7 Å². The predicted molar refractivity (Wildman–Crippen MR) is 267 cm³/mol. The van der Waals surface area contributed by atoms with Gasteiger partial charge in [-0.2, -0.15) is 0 Å². The molecule has 2 N–H and O–H groups in total. The summed E-state index contributed by atoms with van der Waals surface area (Å²) in [5.41, 5.74) is 4.23. The van der Waals surface area contributed by atoms with Crippen LogP contribution in [0.1, 0.15) is 130 Å². The third-order valence-electron chi connectivity index (χ3n) is 15.5. The van der Waals surface area contributed by atoms with Crippen LogP contribution in [0.4, 0.5) is 0 Å². The van der Waals surface area contributed by atoms with E-state index in [2.05, 4.69) is 60.0 Å². The summed E-state index contributed by atoms with van der Waals surface area (Å²) in [6, 6.07) is 27.1. The zero-order chi connectivity index (χ0) is 47.6. The van der Waals surface area contributed by atoms with Gasteiger partial charge in [0.2, 0.25) is 18.0 Å². The molecular formula is C58H70N2O9. The average molecular weight is 939 g/mol. The summed E-state index contributed by atoms with van der Waals surface area (Å²) >= 11 is 0. The summed E-state index contributed by atoms with van der Waals surface area (Å²) in [4.78, 5) is 35.8. The Bertz CT molecular complexity index is 2450. The van der Waals surface area contributed by atoms with E-state index in [0.29, 0.717) is 67.6 Å². The summed E-state index contributed by atoms with van der Waals surface area (Å²) in [6.45, 7) is 5.44. The van der Waals surface area contributed by atoms with Gasteiger partial charge in [0.1, 0.15) is 29.6 Å². The lowest BCUT2D eigenvalue weighted by molar-refractivity contribution is -0.258. The molecule has 4 aromatic rings. The molecule has 9 rings (SSSR count). The van der Waals surface area contributed by atoms with Crippen LogP contribution < -0.4 is 9.47 Å². The highest BCUT2D eigenvalue weighted by Gasteiger charge is 2.65. The molecule has 69 heavy (non-hydrogen) atoms. The van der Waals surface area contributed by atoms with Gasteiger partial charge in [0, 0.05) is 56.1 Å². The van der Waals surface area contributed by atoms with Gasteiger partial charge < -0.3 is 38.9 Å². The number of fused-ring (bicyclic) bond motifs is 3. The molecular weight excluding hydrogens is 869 g/mol. The van der Waals surface area contributed by atoms with E-state index in [-0.39, 0.29) is 43.5 Å². The number of nitrogens with zero attached hydrogens (tertiary/aromatic N) is 2. The first-order valence-electron chi connectivity index (χ1n) is 25.8. The SMILES string of the molecule is C=CCO[C@@]12Oc3ccc(Oc4cccc(C=O)c4)cc3[C@H]3[C@H](CCCCO)[C@@H](CCCCO)C=C(C(=NOC4CCCCO4)C[C@@H]1N(Cc1cccc4ccccc14)C(=O)CCC1CCCC1)[C@H]32. The highest BCUT2D eigenvalue weighted by atomic mass is 16.8. The van der Waals surface area contributed by atoms with Crippen LogP contribution in [0.15, 0.2) is 114 Å². The standard InChI is InChI=1S/C58H70N2O9/c1-2-32-66-58-53(60(54(64)29-26-40-15-3-4-16-40)38-44-21-14-20-42-18-5-6-23-47(42)44)37-51(59-69-55-25-9-12-33-65-55)49-35-43(19-7-10-30-61)48(24-8-11-31-62)56(57(49)58)50-36-46(27-28-52(50)68-58)67-45-22-13-17-41(34-45)39-63/h2,5-6,13-14,17-18,20-23,27-28,34-36,39-40,43,48,53,55-57,61-62H,1,3-4,7-12,15-16,19,24-26,29-33,37-38H2/t43-,48+,53-,55?,56+,57+,58+/m0/s1. The Morgan fingerprint density at radius 3 is 2.45 bits per heavy atom. The number of rotatable bonds is 22. The first-order chi connectivity index (χ1) is 33.9. The molecule has 0 aromatic heterocycles. The van der Waals surface area contributed by atoms with E-state index >= 15 is 4.79 Å². The van der Waals surface area contributed by atoms with Crippen molar-refractivity contribution in [2.75, 3.05) is 26.4 Å². The van der Waals surface area contributed by atoms with E-state index in [4.69, 9.17) is 28.9 Å². The molecule has 366 valence electrons. The summed E-state index contributed by atoms with van der Waals surface area (Å²) in [5, 5.41) is 27.5. The Balaban J connectivity index is 1.25. The summed E-state index contributed by atoms with van der Waals surface area (Å²) in [5.74, 6) is 0.354. The highest BCUT2D eigenvalue weighted by molar-refractivity contribution is 6.03. The molecule has 4 aromatic carbocycles. The number of unbranched alkanes of at least 4 members (excludes halogenated alkanes) is 2. The second kappa shape index (κ2) is 23.1. The number of oxime groups is 1. The quantitative estimate of drug-likeness (QED) is 0.0341. The van der Waals surface area contributed by atoms with Gasteiger partial charge in [-0.25, -0.2) is 0 Å². The maximum atomic E-state index is 15.5. The van der Waals surface area contributed by atoms with Crippen LogP contribution in [0.25, 0.3) is 10.8 Å². The Kier molecular flexibility index (Phi) is 16.3. The van der Waals surface area contributed by atoms with Crippen LogP contribution in [0.2, 0.25) is 0 Å². The molecule has 3 aliphatic carbocycles. The molecule has 11 heteroatoms. The molecule has 7 atom stereocenters. The first-order valence-corrected chi connectivity index (χ1v) is 25.8. The van der Waals surface area contributed by atoms with Gasteiger partial charge in [0.25, 0.3) is 0 Å². The lowest BCUT2D eigenvalue weighted by Gasteiger charge is -2.60. The lowest BCUT2D eigenvalue weighted by Crippen LogP contribution is -2.70. The summed E-state index contributed by atoms with van der Waals surface area (Å²) < 4.78 is 27.6. The first kappa shape index (κ1) is 48.7. The third-order valence-corrected chi connectivity index (χ3v) is 15.5. The number of hydrogen-bond acceptors (Lipinski definition) is 10. The Morgan fingerprint density at radius 1 is 0.870 bits per heavy atom. The zero-order valence-electron chi connectivity index (χ0n) is 40.1. The number of allylic oxidation sites excluding steroid dienone is 1. The van der Waals surface area contributed by atoms with Crippen molar-refractivity contribution in [1.29, 1.82) is 0 Å². The van der Waals surface area contributed by atoms with Gasteiger partial charge in [-0.15, -0.1) is 6.58 Å². The second-order valence-corrected chi connectivity index (χ2v) is 19.8. The lowest BCUT2D eigenvalue weighted by atomic mass is 9.55. The predicted octanol–water partition coefficient (Wildman–Crippen LogP) is 11.6. The van der Waals surface area contributed by atoms with Crippen LogP contribution in [0, 0.1) is 23.7 Å². The van der Waals surface area contributed by atoms with E-state index in [1.807, 2.05) is 24.3 Å². The number of aldehydes is 1. The second-order valence-electron chi connectivity index (χ2n) is 19.8. The smallest absolute Gasteiger partial charge is 0.239 e. The minimum Gasteiger partial charge on any atom is -0.459 e. The highest BCUT2D eigenvalue weighted by Crippen LogP contribution is 2.62. The van der Waals surface area contributed by atoms with Crippen LogP contribution in [0.3, 0.4) is 0 Å². The minimum atomic E-state index is -1.41. The molecule has 1 saturated heterocycles. The van der Waals surface area contributed by atoms with Gasteiger partial charge >= 0.3 is 0 Å². The molecule has 1 unspecified atom stereocenters. The maximum absolute atomic E-state index is 15.5. The molecule has 1 amide bonds. The number of amides is 1. The molecule has 5 aliphatic rings. The van der Waals surface area contributed by atoms with Gasteiger partial charge in [-0.05, 0) is 115 Å². The van der Waals surface area contributed by atoms with Crippen molar-refractivity contribution < 1.29 is 43.6 Å². The number of hydrogen-bond donors (Lipinski definition) is 2. The third kappa shape index (κ3) is 10.9. The molecule has 3 fully saturated rings. The van der Waals surface area contributed by atoms with Gasteiger partial charge in [-0.1, -0.05) is 110 Å². The van der Waals surface area contributed by atoms with E-state index in [9.17, 15) is 15.0 Å². The van der Waals surface area contributed by atoms with E-state index in [1.54, 1.807) is 24.3 Å². The summed E-state index contributed by atoms with van der Waals surface area (Å²) in [6.07, 6.45) is 18.0. The Labute approximate surface area is 407 Å². The van der Waals surface area contributed by atoms with E-state index < -0.39 is 24.0 Å². The van der Waals surface area contributed by atoms with Crippen LogP contribution in [-0.4, -0.2) is 77.6 Å². The molecule has 0 radical (unpaired) electrons. The Hall–Kier alpha value is -5.33. The van der Waals surface area contributed by atoms with Crippen molar-refractivity contribution in [1.82, 2.24) is 4.90 Å². The molecule has 11 nitrogen and oxygen atoms in total. The fourth-order valence-electron chi connectivity index (χ4n) is 12.2. The topological polar surface area (TPSA) is 136 Å². The van der Waals surface area contributed by atoms with E-state index in [0.717, 1.165) is 104 Å². The molecule has 0 bridgehead atoms. The van der Waals surface area contributed by atoms with E-state index in [1.165, 1.54) is 12.8 Å². The van der Waals surface area contributed by atoms with Crippen molar-refractivity contribution in [3.05, 3.63) is 126 Å². The normalized spacial score (nSPS) is 25.8. The number of aliphatic hydroxyl groups excluding tert-OH is 2. The number of aliphatic hydroxyl groups is 2. The minimum absolute atomic E-state index is 0.0409. The van der Waals surface area contributed by atoms with Crippen molar-refractivity contribution in [2.24, 2.45) is 28.8 Å². The fraction of sp³-hybridized carbons (Fsp3) is 0.500. The molecule has 2 heterocycles. The fourth-order valence-corrected chi connectivity index (χ4v) is 12.2. The van der Waals surface area contributed by atoms with Crippen molar-refractivity contribution in [3.63, 3.8) is 0 Å². The molecule has 0 spiro atoms. The number of carbonyl (C=O) groups is 2. The van der Waals surface area contributed by atoms with Crippen molar-refractivity contribution in [2.45, 2.75) is 133 Å². The summed E-state index contributed by atoms with van der Waals surface area (Å²) in [7, 11) is 0. The number of benzene rings is 4. The number of carbonyl (C=O) groups excluding carboxylic acids is 2. The zero-order valence-corrected chi connectivity index (χ0v) is 40.1. The van der Waals surface area contributed by atoms with Crippen molar-refractivity contribution in [3.8, 4) is 17.2 Å². The van der Waals surface area contributed by atoms with Crippen molar-refractivity contribution >= 4 is 28.7 Å². The van der Waals surface area contributed by atoms with Gasteiger partial charge in [-0.3, -0.25) is 9.59 Å². The van der Waals surface area contributed by atoms with Crippen LogP contribution >= 0.6 is 0 Å². The average Bonchev–Trinajstić information content (AvgIpc) is 3.91. The number of ether oxygens (including phenoxy) is 4. The van der Waals surface area contributed by atoms with Gasteiger partial charge in [0.15, 0.2) is 0 Å². The Morgan fingerprint density at radius 2 is 1.65 bits per heavy atom. The maximum Gasteiger partial charge on any atom is 0.239 e.